The van der Waals surface area contributed by atoms with Crippen LogP contribution in [0.1, 0.15) is 36.8 Å². The van der Waals surface area contributed by atoms with Gasteiger partial charge < -0.3 is 0 Å². The second kappa shape index (κ2) is 8.30. The highest BCUT2D eigenvalue weighted by molar-refractivity contribution is 5.32. The van der Waals surface area contributed by atoms with Crippen LogP contribution in [0.2, 0.25) is 0 Å². The summed E-state index contributed by atoms with van der Waals surface area (Å²) in [6.07, 6.45) is 2.43. The molecule has 0 amide bonds. The Morgan fingerprint density at radius 2 is 1.17 bits per heavy atom. The van der Waals surface area contributed by atoms with Crippen LogP contribution in [0.25, 0.3) is 0 Å². The van der Waals surface area contributed by atoms with E-state index in [4.69, 9.17) is 0 Å². The van der Waals surface area contributed by atoms with Crippen LogP contribution in [0.5, 0.6) is 0 Å². The first-order chi connectivity index (χ1) is 8.92. The van der Waals surface area contributed by atoms with Crippen molar-refractivity contribution in [3.05, 3.63) is 84.9 Å². The standard InChI is InChI=1S/C16H18.C2H4/c1-2-9-16(14-10-5-3-6-11-14)15-12-7-4-8-13-15;1-2/h3-8,10-13,16H,2,9H2,1H3;1-2H2. The molecule has 0 saturated carbocycles. The van der Waals surface area contributed by atoms with Gasteiger partial charge in [0.25, 0.3) is 0 Å². The normalized spacial score (nSPS) is 9.67. The van der Waals surface area contributed by atoms with Gasteiger partial charge in [-0.2, -0.15) is 0 Å². The number of benzene rings is 2. The highest BCUT2D eigenvalue weighted by Gasteiger charge is 2.11. The summed E-state index contributed by atoms with van der Waals surface area (Å²) in [4.78, 5) is 0. The molecule has 0 unspecified atom stereocenters. The first-order valence-electron chi connectivity index (χ1n) is 6.51. The quantitative estimate of drug-likeness (QED) is 0.624. The summed E-state index contributed by atoms with van der Waals surface area (Å²) < 4.78 is 0. The molecule has 94 valence electrons. The van der Waals surface area contributed by atoms with Crippen molar-refractivity contribution in [3.63, 3.8) is 0 Å². The molecule has 0 aliphatic carbocycles. The zero-order valence-electron chi connectivity index (χ0n) is 11.2. The van der Waals surface area contributed by atoms with Crippen LogP contribution in [0, 0.1) is 0 Å². The van der Waals surface area contributed by atoms with Gasteiger partial charge in [0.15, 0.2) is 0 Å². The highest BCUT2D eigenvalue weighted by Crippen LogP contribution is 2.28. The molecule has 0 aliphatic rings. The summed E-state index contributed by atoms with van der Waals surface area (Å²) >= 11 is 0. The van der Waals surface area contributed by atoms with E-state index in [2.05, 4.69) is 80.7 Å². The largest absolute Gasteiger partial charge is 0.106 e. The molecule has 0 heteroatoms. The van der Waals surface area contributed by atoms with Gasteiger partial charge in [0, 0.05) is 5.92 Å². The van der Waals surface area contributed by atoms with Crippen molar-refractivity contribution in [2.45, 2.75) is 25.7 Å². The van der Waals surface area contributed by atoms with Crippen LogP contribution in [0.4, 0.5) is 0 Å². The van der Waals surface area contributed by atoms with Crippen molar-refractivity contribution >= 4 is 0 Å². The highest BCUT2D eigenvalue weighted by atomic mass is 14.2. The van der Waals surface area contributed by atoms with Crippen molar-refractivity contribution in [1.29, 1.82) is 0 Å². The molecule has 0 atom stereocenters. The van der Waals surface area contributed by atoms with Crippen LogP contribution in [-0.2, 0) is 0 Å². The van der Waals surface area contributed by atoms with Gasteiger partial charge in [-0.3, -0.25) is 0 Å². The second-order valence-electron chi connectivity index (χ2n) is 4.16. The number of hydrogen-bond donors (Lipinski definition) is 0. The Bertz CT molecular complexity index is 377. The monoisotopic (exact) mass is 238 g/mol. The molecule has 18 heavy (non-hydrogen) atoms. The molecule has 2 aromatic carbocycles. The zero-order valence-corrected chi connectivity index (χ0v) is 11.2. The lowest BCUT2D eigenvalue weighted by Crippen LogP contribution is -2.00. The Morgan fingerprint density at radius 1 is 0.778 bits per heavy atom. The smallest absolute Gasteiger partial charge is 0.00892 e. The molecule has 0 N–H and O–H groups in total. The van der Waals surface area contributed by atoms with Gasteiger partial charge in [-0.1, -0.05) is 74.0 Å². The van der Waals surface area contributed by atoms with Gasteiger partial charge >= 0.3 is 0 Å². The summed E-state index contributed by atoms with van der Waals surface area (Å²) in [5.41, 5.74) is 2.85. The van der Waals surface area contributed by atoms with Crippen LogP contribution < -0.4 is 0 Å². The SMILES string of the molecule is C=C.CCCC(c1ccccc1)c1ccccc1. The minimum Gasteiger partial charge on any atom is -0.106 e. The third-order valence-corrected chi connectivity index (χ3v) is 2.98. The molecule has 0 bridgehead atoms. The lowest BCUT2D eigenvalue weighted by molar-refractivity contribution is 0.698. The Labute approximate surface area is 111 Å². The van der Waals surface area contributed by atoms with Crippen LogP contribution in [0.3, 0.4) is 0 Å². The van der Waals surface area contributed by atoms with E-state index in [1.54, 1.807) is 0 Å². The molecule has 0 nitrogen and oxygen atoms in total. The average Bonchev–Trinajstić information content (AvgIpc) is 2.49. The predicted molar refractivity (Wildman–Crippen MR) is 80.9 cm³/mol. The summed E-state index contributed by atoms with van der Waals surface area (Å²) in [5.74, 6) is 0.549. The fourth-order valence-corrected chi connectivity index (χ4v) is 2.19. The van der Waals surface area contributed by atoms with E-state index in [1.165, 1.54) is 24.0 Å². The molecule has 2 aromatic rings. The Morgan fingerprint density at radius 3 is 1.50 bits per heavy atom. The maximum absolute atomic E-state index is 3.00. The minimum atomic E-state index is 0.549. The van der Waals surface area contributed by atoms with Gasteiger partial charge in [0.1, 0.15) is 0 Å². The molecule has 0 spiro atoms. The minimum absolute atomic E-state index is 0.549. The Hall–Kier alpha value is -1.82. The molecular formula is C18H22. The predicted octanol–water partition coefficient (Wildman–Crippen LogP) is 5.42. The first kappa shape index (κ1) is 14.2. The van der Waals surface area contributed by atoms with E-state index < -0.39 is 0 Å². The van der Waals surface area contributed by atoms with Crippen molar-refractivity contribution in [2.75, 3.05) is 0 Å². The fourth-order valence-electron chi connectivity index (χ4n) is 2.19. The molecule has 0 saturated heterocycles. The van der Waals surface area contributed by atoms with Crippen LogP contribution in [0.15, 0.2) is 73.8 Å². The lowest BCUT2D eigenvalue weighted by atomic mass is 9.88. The Kier molecular flexibility index (Phi) is 6.56. The topological polar surface area (TPSA) is 0 Å². The van der Waals surface area contributed by atoms with Gasteiger partial charge in [-0.05, 0) is 17.5 Å². The summed E-state index contributed by atoms with van der Waals surface area (Å²) in [7, 11) is 0. The lowest BCUT2D eigenvalue weighted by Gasteiger charge is -2.17. The number of rotatable bonds is 4. The summed E-state index contributed by atoms with van der Waals surface area (Å²) in [5, 5.41) is 0. The third kappa shape index (κ3) is 3.89. The number of hydrogen-bond acceptors (Lipinski definition) is 0. The van der Waals surface area contributed by atoms with Crippen molar-refractivity contribution in [2.24, 2.45) is 0 Å². The van der Waals surface area contributed by atoms with Crippen molar-refractivity contribution in [3.8, 4) is 0 Å². The molecule has 0 fully saturated rings. The van der Waals surface area contributed by atoms with Gasteiger partial charge in [-0.15, -0.1) is 13.2 Å². The van der Waals surface area contributed by atoms with E-state index >= 15 is 0 Å². The van der Waals surface area contributed by atoms with E-state index in [-0.39, 0.29) is 0 Å². The molecule has 0 aliphatic heterocycles. The van der Waals surface area contributed by atoms with E-state index in [9.17, 15) is 0 Å². The van der Waals surface area contributed by atoms with Crippen LogP contribution >= 0.6 is 0 Å². The summed E-state index contributed by atoms with van der Waals surface area (Å²) in [6, 6.07) is 21.6. The third-order valence-electron chi connectivity index (χ3n) is 2.98. The van der Waals surface area contributed by atoms with Crippen molar-refractivity contribution < 1.29 is 0 Å². The molecule has 0 heterocycles. The Balaban J connectivity index is 0.000000771. The molecule has 0 aromatic heterocycles. The summed E-state index contributed by atoms with van der Waals surface area (Å²) in [6.45, 7) is 8.25. The van der Waals surface area contributed by atoms with E-state index in [1.807, 2.05) is 0 Å². The maximum Gasteiger partial charge on any atom is 0.00892 e. The van der Waals surface area contributed by atoms with Gasteiger partial charge in [-0.25, -0.2) is 0 Å². The average molecular weight is 238 g/mol. The maximum atomic E-state index is 3.00. The van der Waals surface area contributed by atoms with Gasteiger partial charge in [0.2, 0.25) is 0 Å². The first-order valence-corrected chi connectivity index (χ1v) is 6.51. The molecule has 0 radical (unpaired) electrons. The molecule has 2 rings (SSSR count). The molecular weight excluding hydrogens is 216 g/mol. The van der Waals surface area contributed by atoms with Crippen molar-refractivity contribution in [1.82, 2.24) is 0 Å². The second-order valence-corrected chi connectivity index (χ2v) is 4.16. The fraction of sp³-hybridized carbons (Fsp3) is 0.222. The zero-order chi connectivity index (χ0) is 13.2. The van der Waals surface area contributed by atoms with Gasteiger partial charge in [0.05, 0.1) is 0 Å². The van der Waals surface area contributed by atoms with Crippen LogP contribution in [-0.4, -0.2) is 0 Å². The van der Waals surface area contributed by atoms with E-state index in [0.717, 1.165) is 0 Å². The van der Waals surface area contributed by atoms with E-state index in [0.29, 0.717) is 5.92 Å².